The molecule has 0 aromatic carbocycles. The number of imidazole rings is 2. The molecule has 0 spiro atoms. The Morgan fingerprint density at radius 3 is 1.73 bits per heavy atom. The van der Waals surface area contributed by atoms with E-state index in [9.17, 15) is 4.79 Å². The van der Waals surface area contributed by atoms with Crippen LogP contribution in [0.3, 0.4) is 0 Å². The van der Waals surface area contributed by atoms with Crippen LogP contribution in [-0.4, -0.2) is 25.1 Å². The number of carbonyl (C=O) groups excluding carboxylic acids is 1. The van der Waals surface area contributed by atoms with Gasteiger partial charge in [-0.15, -0.1) is 0 Å². The molecule has 5 nitrogen and oxygen atoms in total. The molecule has 2 aromatic heterocycles. The van der Waals surface area contributed by atoms with Gasteiger partial charge >= 0.3 is 6.03 Å². The topological polar surface area (TPSA) is 52.7 Å². The van der Waals surface area contributed by atoms with Crippen molar-refractivity contribution < 1.29 is 4.79 Å². The Kier molecular flexibility index (Phi) is 4.28. The minimum absolute atomic E-state index is 0.190. The Bertz CT molecular complexity index is 341. The maximum absolute atomic E-state index is 11.4. The van der Waals surface area contributed by atoms with Crippen molar-refractivity contribution in [3.63, 3.8) is 0 Å². The van der Waals surface area contributed by atoms with E-state index in [4.69, 9.17) is 0 Å². The molecule has 80 valence electrons. The van der Waals surface area contributed by atoms with Crippen LogP contribution in [0.25, 0.3) is 0 Å². The number of hydrogen-bond acceptors (Lipinski definition) is 3. The monoisotopic (exact) mass is 206 g/mol. The first-order valence-electron chi connectivity index (χ1n) is 4.80. The second-order valence-corrected chi connectivity index (χ2v) is 2.93. The number of carbonyl (C=O) groups is 1. The molecule has 0 radical (unpaired) electrons. The van der Waals surface area contributed by atoms with Crippen molar-refractivity contribution in [1.82, 2.24) is 19.1 Å². The minimum Gasteiger partial charge on any atom is -0.257 e. The quantitative estimate of drug-likeness (QED) is 0.662. The van der Waals surface area contributed by atoms with E-state index < -0.39 is 0 Å². The fourth-order valence-corrected chi connectivity index (χ4v) is 0.878. The predicted octanol–water partition coefficient (Wildman–Crippen LogP) is 2.01. The summed E-state index contributed by atoms with van der Waals surface area (Å²) in [4.78, 5) is 18.9. The summed E-state index contributed by atoms with van der Waals surface area (Å²) in [7, 11) is 0. The molecule has 0 amide bonds. The highest BCUT2D eigenvalue weighted by Crippen LogP contribution is 1.91. The molecular formula is C10H14N4O. The molecule has 0 fully saturated rings. The zero-order valence-electron chi connectivity index (χ0n) is 8.87. The molecule has 2 aromatic rings. The molecule has 0 aliphatic rings. The maximum Gasteiger partial charge on any atom is 0.338 e. The summed E-state index contributed by atoms with van der Waals surface area (Å²) in [5.41, 5.74) is 0. The van der Waals surface area contributed by atoms with E-state index in [-0.39, 0.29) is 6.03 Å². The van der Waals surface area contributed by atoms with Crippen LogP contribution in [-0.2, 0) is 0 Å². The van der Waals surface area contributed by atoms with Gasteiger partial charge < -0.3 is 0 Å². The number of hydrogen-bond donors (Lipinski definition) is 0. The van der Waals surface area contributed by atoms with Gasteiger partial charge in [-0.2, -0.15) is 0 Å². The first-order chi connectivity index (χ1) is 7.29. The molecule has 0 N–H and O–H groups in total. The van der Waals surface area contributed by atoms with E-state index in [0.717, 1.165) is 0 Å². The Labute approximate surface area is 88.4 Å². The van der Waals surface area contributed by atoms with Crippen molar-refractivity contribution in [2.45, 2.75) is 20.3 Å². The molecule has 0 aliphatic heterocycles. The Balaban J connectivity index is 0.000000337. The van der Waals surface area contributed by atoms with Gasteiger partial charge in [0.15, 0.2) is 0 Å². The molecule has 15 heavy (non-hydrogen) atoms. The summed E-state index contributed by atoms with van der Waals surface area (Å²) in [6.07, 6.45) is 10.4. The highest BCUT2D eigenvalue weighted by Gasteiger charge is 2.03. The maximum atomic E-state index is 11.4. The van der Waals surface area contributed by atoms with Gasteiger partial charge in [0.2, 0.25) is 0 Å². The lowest BCUT2D eigenvalue weighted by Gasteiger charge is -1.98. The van der Waals surface area contributed by atoms with Gasteiger partial charge in [-0.3, -0.25) is 9.13 Å². The van der Waals surface area contributed by atoms with Gasteiger partial charge in [-0.1, -0.05) is 20.3 Å². The molecule has 0 bridgehead atoms. The molecule has 2 rings (SSSR count). The zero-order chi connectivity index (χ0) is 11.1. The first-order valence-corrected chi connectivity index (χ1v) is 4.80. The van der Waals surface area contributed by atoms with E-state index in [1.165, 1.54) is 28.2 Å². The summed E-state index contributed by atoms with van der Waals surface area (Å²) >= 11 is 0. The van der Waals surface area contributed by atoms with Crippen LogP contribution in [0.2, 0.25) is 0 Å². The van der Waals surface area contributed by atoms with Crippen molar-refractivity contribution >= 4 is 6.03 Å². The standard InChI is InChI=1S/C7H6N4O.C3H8/c12-7(10-3-1-8-5-10)11-4-2-9-6-11;1-3-2/h1-6H;3H2,1-2H3. The molecule has 0 unspecified atom stereocenters. The molecule has 0 saturated heterocycles. The summed E-state index contributed by atoms with van der Waals surface area (Å²) in [6.45, 7) is 4.25. The van der Waals surface area contributed by atoms with Gasteiger partial charge in [0, 0.05) is 24.8 Å². The van der Waals surface area contributed by atoms with Crippen molar-refractivity contribution in [3.8, 4) is 0 Å². The summed E-state index contributed by atoms with van der Waals surface area (Å²) in [5.74, 6) is 0. The fourth-order valence-electron chi connectivity index (χ4n) is 0.878. The molecule has 5 heteroatoms. The molecular weight excluding hydrogens is 192 g/mol. The van der Waals surface area contributed by atoms with E-state index in [1.807, 2.05) is 0 Å². The van der Waals surface area contributed by atoms with Gasteiger partial charge in [-0.25, -0.2) is 14.8 Å². The van der Waals surface area contributed by atoms with Crippen molar-refractivity contribution in [2.24, 2.45) is 0 Å². The molecule has 0 aliphatic carbocycles. The second kappa shape index (κ2) is 5.74. The van der Waals surface area contributed by atoms with Gasteiger partial charge in [0.05, 0.1) is 0 Å². The average molecular weight is 206 g/mol. The molecule has 0 atom stereocenters. The molecule has 2 heterocycles. The third-order valence-electron chi connectivity index (χ3n) is 1.45. The van der Waals surface area contributed by atoms with Crippen molar-refractivity contribution in [3.05, 3.63) is 37.4 Å². The molecule has 0 saturated carbocycles. The Morgan fingerprint density at radius 1 is 1.07 bits per heavy atom. The highest BCUT2D eigenvalue weighted by atomic mass is 16.2. The van der Waals surface area contributed by atoms with Crippen LogP contribution in [0.4, 0.5) is 4.79 Å². The van der Waals surface area contributed by atoms with E-state index in [1.54, 1.807) is 24.8 Å². The summed E-state index contributed by atoms with van der Waals surface area (Å²) in [6, 6.07) is -0.190. The number of nitrogens with zero attached hydrogens (tertiary/aromatic N) is 4. The third kappa shape index (κ3) is 3.05. The van der Waals surface area contributed by atoms with Crippen LogP contribution in [0, 0.1) is 0 Å². The minimum atomic E-state index is -0.190. The lowest BCUT2D eigenvalue weighted by Crippen LogP contribution is -2.15. The van der Waals surface area contributed by atoms with E-state index in [2.05, 4.69) is 23.8 Å². The normalized spacial score (nSPS) is 9.20. The lowest BCUT2D eigenvalue weighted by molar-refractivity contribution is 0.244. The Morgan fingerprint density at radius 2 is 1.47 bits per heavy atom. The fraction of sp³-hybridized carbons (Fsp3) is 0.300. The van der Waals surface area contributed by atoms with Gasteiger partial charge in [0.25, 0.3) is 0 Å². The van der Waals surface area contributed by atoms with Gasteiger partial charge in [-0.05, 0) is 0 Å². The highest BCUT2D eigenvalue weighted by molar-refractivity contribution is 5.78. The van der Waals surface area contributed by atoms with Crippen LogP contribution < -0.4 is 0 Å². The van der Waals surface area contributed by atoms with E-state index in [0.29, 0.717) is 0 Å². The third-order valence-corrected chi connectivity index (χ3v) is 1.45. The van der Waals surface area contributed by atoms with Crippen LogP contribution in [0.5, 0.6) is 0 Å². The van der Waals surface area contributed by atoms with E-state index >= 15 is 0 Å². The smallest absolute Gasteiger partial charge is 0.257 e. The van der Waals surface area contributed by atoms with Crippen molar-refractivity contribution in [1.29, 1.82) is 0 Å². The van der Waals surface area contributed by atoms with Crippen LogP contribution in [0.15, 0.2) is 37.4 Å². The summed E-state index contributed by atoms with van der Waals surface area (Å²) < 4.78 is 2.75. The average Bonchev–Trinajstić information content (AvgIpc) is 2.92. The van der Waals surface area contributed by atoms with Crippen LogP contribution >= 0.6 is 0 Å². The van der Waals surface area contributed by atoms with Crippen molar-refractivity contribution in [2.75, 3.05) is 0 Å². The number of rotatable bonds is 0. The predicted molar refractivity (Wildman–Crippen MR) is 56.6 cm³/mol. The summed E-state index contributed by atoms with van der Waals surface area (Å²) in [5, 5.41) is 0. The van der Waals surface area contributed by atoms with Gasteiger partial charge in [0.1, 0.15) is 12.7 Å². The largest absolute Gasteiger partial charge is 0.338 e. The first kappa shape index (κ1) is 11.2. The second-order valence-electron chi connectivity index (χ2n) is 2.93. The lowest BCUT2D eigenvalue weighted by atomic mass is 10.6. The zero-order valence-corrected chi connectivity index (χ0v) is 8.87. The number of aromatic nitrogens is 4. The SMILES string of the molecule is CCC.O=C(n1ccnc1)n1ccnc1. The Hall–Kier alpha value is -1.91. The van der Waals surface area contributed by atoms with Crippen LogP contribution in [0.1, 0.15) is 20.3 Å².